The van der Waals surface area contributed by atoms with Crippen molar-refractivity contribution >= 4 is 8.32 Å². The molecule has 1 aromatic rings. The van der Waals surface area contributed by atoms with Gasteiger partial charge in [-0.2, -0.15) is 0 Å². The molecule has 0 aliphatic rings. The van der Waals surface area contributed by atoms with E-state index >= 15 is 0 Å². The third-order valence-corrected chi connectivity index (χ3v) is 9.92. The molecule has 0 aliphatic heterocycles. The Labute approximate surface area is 174 Å². The third kappa shape index (κ3) is 10.2. The molecule has 0 N–H and O–H groups in total. The summed E-state index contributed by atoms with van der Waals surface area (Å²) in [6.45, 7) is 18.2. The molecular weight excluding hydrogens is 368 g/mol. The minimum absolute atomic E-state index is 0.137. The maximum Gasteiger partial charge on any atom is 0.192 e. The average Bonchev–Trinajstić information content (AvgIpc) is 2.64. The monoisotopic (exact) mass is 410 g/mol. The van der Waals surface area contributed by atoms with Crippen molar-refractivity contribution in [3.63, 3.8) is 0 Å². The summed E-state index contributed by atoms with van der Waals surface area (Å²) in [6, 6.07) is 10.3. The van der Waals surface area contributed by atoms with Gasteiger partial charge in [0.25, 0.3) is 0 Å². The summed E-state index contributed by atoms with van der Waals surface area (Å²) in [6.07, 6.45) is 2.85. The number of hydrogen-bond donors (Lipinski definition) is 0. The Morgan fingerprint density at radius 2 is 1.61 bits per heavy atom. The lowest BCUT2D eigenvalue weighted by atomic mass is 10.2. The number of hydrogen-bond acceptors (Lipinski definition) is 4. The molecule has 0 heterocycles. The van der Waals surface area contributed by atoms with Crippen LogP contribution >= 0.6 is 0 Å². The highest BCUT2D eigenvalue weighted by Crippen LogP contribution is 2.37. The minimum atomic E-state index is -1.76. The highest BCUT2D eigenvalue weighted by atomic mass is 28.4. The molecule has 0 aliphatic carbocycles. The zero-order valence-corrected chi connectivity index (χ0v) is 20.1. The summed E-state index contributed by atoms with van der Waals surface area (Å²) < 4.78 is 23.8. The predicted octanol–water partition coefficient (Wildman–Crippen LogP) is 6.16. The fourth-order valence-electron chi connectivity index (χ4n) is 2.44. The van der Waals surface area contributed by atoms with Crippen LogP contribution in [0.4, 0.5) is 0 Å². The van der Waals surface area contributed by atoms with Crippen LogP contribution in [0.15, 0.2) is 30.3 Å². The topological polar surface area (TPSA) is 36.9 Å². The summed E-state index contributed by atoms with van der Waals surface area (Å²) in [5.74, 6) is 0. The molecular formula is C23H42O4Si. The molecule has 0 amide bonds. The van der Waals surface area contributed by atoms with E-state index in [1.807, 2.05) is 25.1 Å². The van der Waals surface area contributed by atoms with Crippen molar-refractivity contribution in [1.82, 2.24) is 0 Å². The van der Waals surface area contributed by atoms with Crippen LogP contribution in [0.5, 0.6) is 0 Å². The molecule has 28 heavy (non-hydrogen) atoms. The van der Waals surface area contributed by atoms with Gasteiger partial charge in [0.05, 0.1) is 19.3 Å². The van der Waals surface area contributed by atoms with Gasteiger partial charge in [-0.15, -0.1) is 0 Å². The van der Waals surface area contributed by atoms with E-state index in [-0.39, 0.29) is 17.4 Å². The lowest BCUT2D eigenvalue weighted by molar-refractivity contribution is -0.146. The smallest absolute Gasteiger partial charge is 0.192 e. The second-order valence-electron chi connectivity index (χ2n) is 8.93. The van der Waals surface area contributed by atoms with Crippen molar-refractivity contribution < 1.29 is 18.6 Å². The second-order valence-corrected chi connectivity index (χ2v) is 13.7. The summed E-state index contributed by atoms with van der Waals surface area (Å²) >= 11 is 0. The number of ether oxygens (including phenoxy) is 3. The summed E-state index contributed by atoms with van der Waals surface area (Å²) in [5.41, 5.74) is 1.21. The zero-order chi connectivity index (χ0) is 21.0. The van der Waals surface area contributed by atoms with Gasteiger partial charge >= 0.3 is 0 Å². The summed E-state index contributed by atoms with van der Waals surface area (Å²) in [7, 11) is -1.76. The Hall–Kier alpha value is -0.723. The van der Waals surface area contributed by atoms with E-state index in [0.29, 0.717) is 19.8 Å². The van der Waals surface area contributed by atoms with Gasteiger partial charge in [0.15, 0.2) is 14.6 Å². The van der Waals surface area contributed by atoms with Crippen LogP contribution < -0.4 is 0 Å². The highest BCUT2D eigenvalue weighted by Gasteiger charge is 2.38. The van der Waals surface area contributed by atoms with E-state index in [9.17, 15) is 0 Å². The molecule has 162 valence electrons. The van der Waals surface area contributed by atoms with Crippen LogP contribution in [0.1, 0.15) is 59.4 Å². The lowest BCUT2D eigenvalue weighted by Gasteiger charge is -2.39. The van der Waals surface area contributed by atoms with Crippen LogP contribution in [0.25, 0.3) is 0 Å². The van der Waals surface area contributed by atoms with E-state index in [1.165, 1.54) is 5.56 Å². The fraction of sp³-hybridized carbons (Fsp3) is 0.739. The molecule has 0 saturated heterocycles. The van der Waals surface area contributed by atoms with Gasteiger partial charge in [0, 0.05) is 13.2 Å². The standard InChI is InChI=1S/C23H42O4Si/c1-8-22(27-28(6,7)23(3,4)5)19-26-20(2)25-17-13-12-16-24-18-21-14-10-9-11-15-21/h9-11,14-15,20,22H,8,12-13,16-19H2,1-7H3. The number of benzene rings is 1. The van der Waals surface area contributed by atoms with Gasteiger partial charge < -0.3 is 18.6 Å². The van der Waals surface area contributed by atoms with Gasteiger partial charge in [-0.3, -0.25) is 0 Å². The summed E-state index contributed by atoms with van der Waals surface area (Å²) in [4.78, 5) is 0. The predicted molar refractivity (Wildman–Crippen MR) is 119 cm³/mol. The number of unbranched alkanes of at least 4 members (excludes halogenated alkanes) is 1. The van der Waals surface area contributed by atoms with Crippen molar-refractivity contribution in [2.45, 2.75) is 91.0 Å². The third-order valence-electron chi connectivity index (χ3n) is 5.39. The van der Waals surface area contributed by atoms with Crippen molar-refractivity contribution in [1.29, 1.82) is 0 Å². The van der Waals surface area contributed by atoms with E-state index in [2.05, 4.69) is 52.9 Å². The van der Waals surface area contributed by atoms with Gasteiger partial charge in [0.2, 0.25) is 0 Å². The molecule has 5 heteroatoms. The summed E-state index contributed by atoms with van der Waals surface area (Å²) in [5, 5.41) is 0.213. The van der Waals surface area contributed by atoms with E-state index in [0.717, 1.165) is 25.9 Å². The molecule has 0 aromatic heterocycles. The molecule has 0 spiro atoms. The Bertz CT molecular complexity index is 513. The molecule has 0 fully saturated rings. The fourth-order valence-corrected chi connectivity index (χ4v) is 3.86. The maximum absolute atomic E-state index is 6.45. The first-order valence-corrected chi connectivity index (χ1v) is 13.6. The van der Waals surface area contributed by atoms with Crippen molar-refractivity contribution in [2.75, 3.05) is 19.8 Å². The first kappa shape index (κ1) is 25.3. The molecule has 4 nitrogen and oxygen atoms in total. The molecule has 2 atom stereocenters. The van der Waals surface area contributed by atoms with Gasteiger partial charge in [0.1, 0.15) is 0 Å². The first-order chi connectivity index (χ1) is 13.2. The average molecular weight is 411 g/mol. The van der Waals surface area contributed by atoms with Crippen LogP contribution in [-0.2, 0) is 25.2 Å². The van der Waals surface area contributed by atoms with Crippen molar-refractivity contribution in [2.24, 2.45) is 0 Å². The van der Waals surface area contributed by atoms with Crippen LogP contribution in [0, 0.1) is 0 Å². The number of rotatable bonds is 14. The van der Waals surface area contributed by atoms with E-state index in [1.54, 1.807) is 0 Å². The lowest BCUT2D eigenvalue weighted by Crippen LogP contribution is -2.45. The molecule has 0 saturated carbocycles. The SMILES string of the molecule is CCC(COC(C)OCCCCOCc1ccccc1)O[Si](C)(C)C(C)(C)C. The Morgan fingerprint density at radius 3 is 2.21 bits per heavy atom. The Balaban J connectivity index is 2.11. The Morgan fingerprint density at radius 1 is 0.964 bits per heavy atom. The molecule has 2 unspecified atom stereocenters. The van der Waals surface area contributed by atoms with Crippen molar-refractivity contribution in [3.05, 3.63) is 35.9 Å². The van der Waals surface area contributed by atoms with Crippen molar-refractivity contribution in [3.8, 4) is 0 Å². The van der Waals surface area contributed by atoms with Crippen LogP contribution in [0.3, 0.4) is 0 Å². The molecule has 0 radical (unpaired) electrons. The minimum Gasteiger partial charge on any atom is -0.412 e. The van der Waals surface area contributed by atoms with Crippen LogP contribution in [0.2, 0.25) is 18.1 Å². The largest absolute Gasteiger partial charge is 0.412 e. The molecule has 0 bridgehead atoms. The first-order valence-electron chi connectivity index (χ1n) is 10.7. The van der Waals surface area contributed by atoms with Gasteiger partial charge in [-0.25, -0.2) is 0 Å². The van der Waals surface area contributed by atoms with Gasteiger partial charge in [-0.05, 0) is 49.9 Å². The zero-order valence-electron chi connectivity index (χ0n) is 19.1. The quantitative estimate of drug-likeness (QED) is 0.209. The van der Waals surface area contributed by atoms with E-state index in [4.69, 9.17) is 18.6 Å². The highest BCUT2D eigenvalue weighted by molar-refractivity contribution is 6.74. The van der Waals surface area contributed by atoms with E-state index < -0.39 is 8.32 Å². The van der Waals surface area contributed by atoms with Crippen LogP contribution in [-0.4, -0.2) is 40.5 Å². The molecule has 1 aromatic carbocycles. The van der Waals surface area contributed by atoms with Gasteiger partial charge in [-0.1, -0.05) is 58.0 Å². The normalized spacial score (nSPS) is 14.8. The molecule has 1 rings (SSSR count). The second kappa shape index (κ2) is 12.8. The maximum atomic E-state index is 6.45. The Kier molecular flexibility index (Phi) is 11.5.